The van der Waals surface area contributed by atoms with Crippen molar-refractivity contribution < 1.29 is 14.3 Å². The first kappa shape index (κ1) is 13.7. The summed E-state index contributed by atoms with van der Waals surface area (Å²) in [5, 5.41) is 12.0. The summed E-state index contributed by atoms with van der Waals surface area (Å²) < 4.78 is 11.0. The van der Waals surface area contributed by atoms with E-state index >= 15 is 0 Å². The topological polar surface area (TPSA) is 71.4 Å². The summed E-state index contributed by atoms with van der Waals surface area (Å²) in [7, 11) is 0. The van der Waals surface area contributed by atoms with Crippen molar-refractivity contribution in [1.82, 2.24) is 5.32 Å². The number of nitriles is 1. The van der Waals surface area contributed by atoms with E-state index in [1.807, 2.05) is 18.2 Å². The molecule has 0 unspecified atom stereocenters. The summed E-state index contributed by atoms with van der Waals surface area (Å²) in [6.45, 7) is 1.68. The lowest BCUT2D eigenvalue weighted by Crippen LogP contribution is -2.45. The van der Waals surface area contributed by atoms with Gasteiger partial charge in [-0.1, -0.05) is 6.07 Å². The molecule has 1 heterocycles. The van der Waals surface area contributed by atoms with Gasteiger partial charge in [0.1, 0.15) is 18.6 Å². The van der Waals surface area contributed by atoms with Crippen molar-refractivity contribution in [2.24, 2.45) is 5.41 Å². The van der Waals surface area contributed by atoms with E-state index in [1.165, 1.54) is 0 Å². The maximum atomic E-state index is 12.0. The molecule has 1 amide bonds. The van der Waals surface area contributed by atoms with Crippen LogP contribution in [0.25, 0.3) is 0 Å². The quantitative estimate of drug-likeness (QED) is 0.916. The normalized spacial score (nSPS) is 18.2. The molecule has 1 aliphatic heterocycles. The van der Waals surface area contributed by atoms with E-state index in [9.17, 15) is 4.79 Å². The van der Waals surface area contributed by atoms with Gasteiger partial charge in [0.2, 0.25) is 5.91 Å². The third-order valence-electron chi connectivity index (χ3n) is 4.16. The van der Waals surface area contributed by atoms with Crippen molar-refractivity contribution in [1.29, 1.82) is 5.26 Å². The summed E-state index contributed by atoms with van der Waals surface area (Å²) in [4.78, 5) is 12.0. The van der Waals surface area contributed by atoms with Crippen LogP contribution in [0.4, 0.5) is 0 Å². The van der Waals surface area contributed by atoms with E-state index in [0.29, 0.717) is 39.0 Å². The van der Waals surface area contributed by atoms with E-state index in [0.717, 1.165) is 23.5 Å². The molecule has 0 radical (unpaired) electrons. The minimum Gasteiger partial charge on any atom is -0.486 e. The average Bonchev–Trinajstić information content (AvgIpc) is 2.46. The van der Waals surface area contributed by atoms with Crippen LogP contribution in [0, 0.1) is 16.7 Å². The zero-order valence-electron chi connectivity index (χ0n) is 11.9. The lowest BCUT2D eigenvalue weighted by Gasteiger charge is -2.33. The lowest BCUT2D eigenvalue weighted by atomic mass is 9.69. The van der Waals surface area contributed by atoms with Crippen LogP contribution in [0.5, 0.6) is 11.5 Å². The maximum Gasteiger partial charge on any atom is 0.240 e. The number of hydrogen-bond acceptors (Lipinski definition) is 4. The van der Waals surface area contributed by atoms with Crippen molar-refractivity contribution in [2.45, 2.75) is 25.7 Å². The monoisotopic (exact) mass is 286 g/mol. The number of fused-ring (bicyclic) bond motifs is 1. The highest BCUT2D eigenvalue weighted by atomic mass is 16.6. The van der Waals surface area contributed by atoms with Crippen molar-refractivity contribution in [3.63, 3.8) is 0 Å². The summed E-state index contributed by atoms with van der Waals surface area (Å²) >= 11 is 0. The van der Waals surface area contributed by atoms with E-state index in [1.54, 1.807) is 0 Å². The van der Waals surface area contributed by atoms with Crippen molar-refractivity contribution in [3.05, 3.63) is 23.8 Å². The Balaban J connectivity index is 1.54. The van der Waals surface area contributed by atoms with Gasteiger partial charge in [0.05, 0.1) is 6.07 Å². The zero-order valence-corrected chi connectivity index (χ0v) is 11.9. The van der Waals surface area contributed by atoms with E-state index in [4.69, 9.17) is 14.7 Å². The van der Waals surface area contributed by atoms with E-state index in [-0.39, 0.29) is 5.91 Å². The van der Waals surface area contributed by atoms with Crippen LogP contribution in [0.15, 0.2) is 18.2 Å². The molecule has 0 bridgehead atoms. The fourth-order valence-corrected chi connectivity index (χ4v) is 2.65. The predicted octanol–water partition coefficient (Wildman–Crippen LogP) is 1.81. The first-order chi connectivity index (χ1) is 10.2. The summed E-state index contributed by atoms with van der Waals surface area (Å²) in [6.07, 6.45) is 3.03. The number of ether oxygens (including phenoxy) is 2. The molecule has 0 spiro atoms. The number of carbonyl (C=O) groups is 1. The van der Waals surface area contributed by atoms with Crippen LogP contribution in [0.2, 0.25) is 0 Å². The molecular weight excluding hydrogens is 268 g/mol. The van der Waals surface area contributed by atoms with Gasteiger partial charge < -0.3 is 14.8 Å². The molecule has 0 saturated heterocycles. The van der Waals surface area contributed by atoms with Crippen molar-refractivity contribution in [2.75, 3.05) is 19.8 Å². The molecule has 0 atom stereocenters. The van der Waals surface area contributed by atoms with Gasteiger partial charge in [0, 0.05) is 6.54 Å². The summed E-state index contributed by atoms with van der Waals surface area (Å²) in [6, 6.07) is 7.98. The number of benzene rings is 1. The van der Waals surface area contributed by atoms with Crippen LogP contribution < -0.4 is 14.8 Å². The summed E-state index contributed by atoms with van der Waals surface area (Å²) in [5.41, 5.74) is 0.312. The van der Waals surface area contributed by atoms with E-state index < -0.39 is 5.41 Å². The fraction of sp³-hybridized carbons (Fsp3) is 0.500. The molecule has 5 nitrogen and oxygen atoms in total. The van der Waals surface area contributed by atoms with Gasteiger partial charge in [-0.25, -0.2) is 0 Å². The van der Waals surface area contributed by atoms with Gasteiger partial charge in [-0.2, -0.15) is 5.26 Å². The third kappa shape index (κ3) is 2.66. The van der Waals surface area contributed by atoms with Crippen LogP contribution >= 0.6 is 0 Å². The maximum absolute atomic E-state index is 12.0. The molecule has 1 aromatic carbocycles. The van der Waals surface area contributed by atoms with Crippen LogP contribution in [0.3, 0.4) is 0 Å². The fourth-order valence-electron chi connectivity index (χ4n) is 2.65. The Hall–Kier alpha value is -2.22. The van der Waals surface area contributed by atoms with Crippen LogP contribution in [0.1, 0.15) is 24.8 Å². The Bertz CT molecular complexity index is 588. The van der Waals surface area contributed by atoms with Gasteiger partial charge in [0.15, 0.2) is 11.5 Å². The molecule has 21 heavy (non-hydrogen) atoms. The van der Waals surface area contributed by atoms with Gasteiger partial charge in [-0.3, -0.25) is 4.79 Å². The molecule has 5 heteroatoms. The van der Waals surface area contributed by atoms with Crippen molar-refractivity contribution in [3.8, 4) is 17.6 Å². The van der Waals surface area contributed by atoms with Crippen molar-refractivity contribution >= 4 is 5.91 Å². The highest BCUT2D eigenvalue weighted by molar-refractivity contribution is 5.86. The average molecular weight is 286 g/mol. The standard InChI is InChI=1S/C16H18N2O3/c17-11-16(5-1-6-16)15(19)18-7-4-12-2-3-13-14(10-12)21-9-8-20-13/h2-3,10H,1,4-9H2,(H,18,19). The minimum absolute atomic E-state index is 0.131. The molecule has 1 saturated carbocycles. The van der Waals surface area contributed by atoms with Gasteiger partial charge in [0.25, 0.3) is 0 Å². The Labute approximate surface area is 123 Å². The summed E-state index contributed by atoms with van der Waals surface area (Å²) in [5.74, 6) is 1.40. The largest absolute Gasteiger partial charge is 0.486 e. The molecule has 0 aromatic heterocycles. The predicted molar refractivity (Wildman–Crippen MR) is 76.0 cm³/mol. The second-order valence-electron chi connectivity index (χ2n) is 5.53. The van der Waals surface area contributed by atoms with E-state index in [2.05, 4.69) is 11.4 Å². The van der Waals surface area contributed by atoms with Crippen LogP contribution in [-0.4, -0.2) is 25.7 Å². The first-order valence-corrected chi connectivity index (χ1v) is 7.32. The lowest BCUT2D eigenvalue weighted by molar-refractivity contribution is -0.131. The second-order valence-corrected chi connectivity index (χ2v) is 5.53. The number of nitrogens with zero attached hydrogens (tertiary/aromatic N) is 1. The number of carbonyl (C=O) groups excluding carboxylic acids is 1. The van der Waals surface area contributed by atoms with Gasteiger partial charge in [-0.15, -0.1) is 0 Å². The third-order valence-corrected chi connectivity index (χ3v) is 4.16. The molecule has 1 aromatic rings. The highest BCUT2D eigenvalue weighted by Crippen LogP contribution is 2.40. The second kappa shape index (κ2) is 5.65. The van der Waals surface area contributed by atoms with Gasteiger partial charge >= 0.3 is 0 Å². The minimum atomic E-state index is -0.771. The SMILES string of the molecule is N#CC1(C(=O)NCCc2ccc3c(c2)OCCO3)CCC1. The molecular formula is C16H18N2O3. The number of hydrogen-bond donors (Lipinski definition) is 1. The smallest absolute Gasteiger partial charge is 0.240 e. The zero-order chi connectivity index (χ0) is 14.7. The molecule has 1 fully saturated rings. The molecule has 2 aliphatic rings. The Kier molecular flexibility index (Phi) is 3.70. The molecule has 3 rings (SSSR count). The number of amides is 1. The van der Waals surface area contributed by atoms with Gasteiger partial charge in [-0.05, 0) is 43.4 Å². The highest BCUT2D eigenvalue weighted by Gasteiger charge is 2.44. The Morgan fingerprint density at radius 3 is 2.71 bits per heavy atom. The number of nitrogens with one attached hydrogen (secondary N) is 1. The number of rotatable bonds is 4. The Morgan fingerprint density at radius 2 is 2.05 bits per heavy atom. The van der Waals surface area contributed by atoms with Crippen LogP contribution in [-0.2, 0) is 11.2 Å². The molecule has 110 valence electrons. The molecule has 1 N–H and O–H groups in total. The first-order valence-electron chi connectivity index (χ1n) is 7.32. The Morgan fingerprint density at radius 1 is 1.29 bits per heavy atom. The molecule has 1 aliphatic carbocycles.